The lowest BCUT2D eigenvalue weighted by Crippen LogP contribution is -2.29. The minimum absolute atomic E-state index is 0.000439. The summed E-state index contributed by atoms with van der Waals surface area (Å²) in [5, 5.41) is 0. The van der Waals surface area contributed by atoms with Crippen molar-refractivity contribution in [1.29, 1.82) is 0 Å². The van der Waals surface area contributed by atoms with E-state index in [-0.39, 0.29) is 11.5 Å². The quantitative estimate of drug-likeness (QED) is 0.621. The van der Waals surface area contributed by atoms with Crippen LogP contribution in [0.3, 0.4) is 0 Å². The van der Waals surface area contributed by atoms with Gasteiger partial charge in [0.25, 0.3) is 0 Å². The molecule has 0 aliphatic carbocycles. The molecule has 0 heterocycles. The van der Waals surface area contributed by atoms with E-state index in [1.165, 1.54) is 12.1 Å². The van der Waals surface area contributed by atoms with Crippen LogP contribution in [-0.2, 0) is 15.0 Å². The number of hydrogen-bond acceptors (Lipinski definition) is 4. The second kappa shape index (κ2) is 5.75. The summed E-state index contributed by atoms with van der Waals surface area (Å²) in [6.07, 6.45) is -5.10. The molecule has 0 saturated heterocycles. The van der Waals surface area contributed by atoms with Gasteiger partial charge in [-0.25, -0.2) is 4.79 Å². The van der Waals surface area contributed by atoms with Gasteiger partial charge < -0.3 is 9.47 Å². The third-order valence-electron chi connectivity index (χ3n) is 2.46. The van der Waals surface area contributed by atoms with Crippen molar-refractivity contribution in [3.05, 3.63) is 23.8 Å². The molecule has 0 saturated carbocycles. The van der Waals surface area contributed by atoms with Gasteiger partial charge >= 0.3 is 18.1 Å². The number of benzene rings is 1. The Morgan fingerprint density at radius 1 is 1.05 bits per heavy atom. The molecule has 1 rings (SSSR count). The third kappa shape index (κ3) is 4.77. The fourth-order valence-corrected chi connectivity index (χ4v) is 1.59. The maximum absolute atomic E-state index is 12.3. The molecule has 0 atom stereocenters. The Labute approximate surface area is 119 Å². The summed E-state index contributed by atoms with van der Waals surface area (Å²) >= 11 is 0. The van der Waals surface area contributed by atoms with Gasteiger partial charge in [0.15, 0.2) is 0 Å². The minimum atomic E-state index is -5.10. The van der Waals surface area contributed by atoms with Gasteiger partial charge in [0.05, 0.1) is 0 Å². The number of ether oxygens (including phenoxy) is 2. The topological polar surface area (TPSA) is 52.6 Å². The predicted octanol–water partition coefficient (Wildman–Crippen LogP) is 3.38. The first-order valence-corrected chi connectivity index (χ1v) is 6.03. The summed E-state index contributed by atoms with van der Waals surface area (Å²) in [6.45, 7) is 6.40. The molecule has 7 heteroatoms. The van der Waals surface area contributed by atoms with Crippen LogP contribution in [0.2, 0.25) is 0 Å². The van der Waals surface area contributed by atoms with Crippen molar-refractivity contribution in [3.63, 3.8) is 0 Å². The zero-order valence-electron chi connectivity index (χ0n) is 12.0. The van der Waals surface area contributed by atoms with Gasteiger partial charge in [0, 0.05) is 18.6 Å². The van der Waals surface area contributed by atoms with Gasteiger partial charge in [-0.1, -0.05) is 26.8 Å². The Hall–Kier alpha value is -2.05. The first kappa shape index (κ1) is 17.0. The van der Waals surface area contributed by atoms with E-state index < -0.39 is 23.5 Å². The van der Waals surface area contributed by atoms with Crippen molar-refractivity contribution >= 4 is 11.9 Å². The van der Waals surface area contributed by atoms with Gasteiger partial charge in [-0.15, -0.1) is 0 Å². The first-order chi connectivity index (χ1) is 9.41. The molecule has 4 nitrogen and oxygen atoms in total. The standard InChI is InChI=1S/C14H15F3O4/c1-8(18)20-9-5-6-10(13(2,3)4)11(7-9)21-12(19)14(15,16)17/h5-7H,1-4H3. The number of alkyl halides is 3. The van der Waals surface area contributed by atoms with Crippen molar-refractivity contribution in [3.8, 4) is 11.5 Å². The van der Waals surface area contributed by atoms with E-state index >= 15 is 0 Å². The van der Waals surface area contributed by atoms with Crippen LogP contribution in [0.4, 0.5) is 13.2 Å². The van der Waals surface area contributed by atoms with Gasteiger partial charge in [-0.05, 0) is 11.5 Å². The molecule has 116 valence electrons. The second-order valence-corrected chi connectivity index (χ2v) is 5.39. The molecule has 1 aromatic carbocycles. The number of esters is 2. The maximum atomic E-state index is 12.3. The second-order valence-electron chi connectivity index (χ2n) is 5.39. The third-order valence-corrected chi connectivity index (χ3v) is 2.46. The lowest BCUT2D eigenvalue weighted by atomic mass is 9.86. The van der Waals surface area contributed by atoms with E-state index in [1.807, 2.05) is 0 Å². The van der Waals surface area contributed by atoms with E-state index in [0.717, 1.165) is 13.0 Å². The van der Waals surface area contributed by atoms with Gasteiger partial charge in [0.1, 0.15) is 11.5 Å². The highest BCUT2D eigenvalue weighted by molar-refractivity contribution is 5.79. The normalized spacial score (nSPS) is 12.0. The molecular formula is C14H15F3O4. The number of carbonyl (C=O) groups excluding carboxylic acids is 2. The summed E-state index contributed by atoms with van der Waals surface area (Å²) in [4.78, 5) is 21.9. The van der Waals surface area contributed by atoms with Crippen LogP contribution in [0, 0.1) is 0 Å². The van der Waals surface area contributed by atoms with Crippen molar-refractivity contribution < 1.29 is 32.2 Å². The van der Waals surface area contributed by atoms with Crippen molar-refractivity contribution in [1.82, 2.24) is 0 Å². The average Bonchev–Trinajstić information content (AvgIpc) is 2.25. The molecule has 21 heavy (non-hydrogen) atoms. The van der Waals surface area contributed by atoms with Crippen LogP contribution in [0.5, 0.6) is 11.5 Å². The van der Waals surface area contributed by atoms with Gasteiger partial charge in [-0.2, -0.15) is 13.2 Å². The van der Waals surface area contributed by atoms with E-state index in [1.54, 1.807) is 20.8 Å². The largest absolute Gasteiger partial charge is 0.491 e. The SMILES string of the molecule is CC(=O)Oc1ccc(C(C)(C)C)c(OC(=O)C(F)(F)F)c1. The van der Waals surface area contributed by atoms with Crippen LogP contribution < -0.4 is 9.47 Å². The Bertz CT molecular complexity index is 556. The van der Waals surface area contributed by atoms with E-state index in [0.29, 0.717) is 5.56 Å². The van der Waals surface area contributed by atoms with Crippen molar-refractivity contribution in [2.75, 3.05) is 0 Å². The van der Waals surface area contributed by atoms with E-state index in [4.69, 9.17) is 4.74 Å². The zero-order valence-corrected chi connectivity index (χ0v) is 12.0. The molecule has 0 aliphatic rings. The van der Waals surface area contributed by atoms with Crippen molar-refractivity contribution in [2.45, 2.75) is 39.3 Å². The highest BCUT2D eigenvalue weighted by atomic mass is 19.4. The van der Waals surface area contributed by atoms with E-state index in [2.05, 4.69) is 4.74 Å². The highest BCUT2D eigenvalue weighted by Crippen LogP contribution is 2.35. The Balaban J connectivity index is 3.23. The molecule has 0 N–H and O–H groups in total. The summed E-state index contributed by atoms with van der Waals surface area (Å²) in [5.41, 5.74) is -0.174. The van der Waals surface area contributed by atoms with Crippen LogP contribution >= 0.6 is 0 Å². The number of halogens is 3. The van der Waals surface area contributed by atoms with Crippen LogP contribution in [-0.4, -0.2) is 18.1 Å². The molecule has 0 aromatic heterocycles. The van der Waals surface area contributed by atoms with Crippen LogP contribution in [0.15, 0.2) is 18.2 Å². The fraction of sp³-hybridized carbons (Fsp3) is 0.429. The zero-order chi connectivity index (χ0) is 16.4. The van der Waals surface area contributed by atoms with Gasteiger partial charge in [0.2, 0.25) is 0 Å². The number of carbonyl (C=O) groups is 2. The predicted molar refractivity (Wildman–Crippen MR) is 68.1 cm³/mol. The molecule has 0 amide bonds. The lowest BCUT2D eigenvalue weighted by Gasteiger charge is -2.22. The molecule has 0 aliphatic heterocycles. The summed E-state index contributed by atoms with van der Waals surface area (Å²) in [7, 11) is 0. The molecule has 0 radical (unpaired) electrons. The fourth-order valence-electron chi connectivity index (χ4n) is 1.59. The highest BCUT2D eigenvalue weighted by Gasteiger charge is 2.42. The Morgan fingerprint density at radius 3 is 2.05 bits per heavy atom. The number of rotatable bonds is 2. The molecular weight excluding hydrogens is 289 g/mol. The maximum Gasteiger partial charge on any atom is 0.491 e. The summed E-state index contributed by atoms with van der Waals surface area (Å²) < 4.78 is 46.1. The minimum Gasteiger partial charge on any atom is -0.427 e. The summed E-state index contributed by atoms with van der Waals surface area (Å²) in [6, 6.07) is 3.97. The number of hydrogen-bond donors (Lipinski definition) is 0. The van der Waals surface area contributed by atoms with Crippen LogP contribution in [0.25, 0.3) is 0 Å². The molecule has 0 spiro atoms. The Morgan fingerprint density at radius 2 is 1.62 bits per heavy atom. The summed E-state index contributed by atoms with van der Waals surface area (Å²) in [5.74, 6) is -3.25. The molecule has 0 unspecified atom stereocenters. The average molecular weight is 304 g/mol. The first-order valence-electron chi connectivity index (χ1n) is 6.03. The van der Waals surface area contributed by atoms with E-state index in [9.17, 15) is 22.8 Å². The molecule has 1 aromatic rings. The lowest BCUT2D eigenvalue weighted by molar-refractivity contribution is -0.189. The van der Waals surface area contributed by atoms with Gasteiger partial charge in [-0.3, -0.25) is 4.79 Å². The molecule has 0 fully saturated rings. The van der Waals surface area contributed by atoms with Crippen molar-refractivity contribution in [2.24, 2.45) is 0 Å². The smallest absolute Gasteiger partial charge is 0.427 e. The van der Waals surface area contributed by atoms with Crippen LogP contribution in [0.1, 0.15) is 33.3 Å². The monoisotopic (exact) mass is 304 g/mol. The Kier molecular flexibility index (Phi) is 4.65. The molecule has 0 bridgehead atoms.